The number of likely N-dealkylation sites (tertiary alicyclic amines) is 1. The minimum atomic E-state index is -0.953. The summed E-state index contributed by atoms with van der Waals surface area (Å²) < 4.78 is 0. The van der Waals surface area contributed by atoms with E-state index in [9.17, 15) is 24.8 Å². The second-order valence-electron chi connectivity index (χ2n) is 6.41. The van der Waals surface area contributed by atoms with Gasteiger partial charge in [0.15, 0.2) is 0 Å². The van der Waals surface area contributed by atoms with Crippen molar-refractivity contribution in [2.75, 3.05) is 13.1 Å². The van der Waals surface area contributed by atoms with E-state index in [0.717, 1.165) is 0 Å². The molecule has 1 heterocycles. The van der Waals surface area contributed by atoms with Gasteiger partial charge in [-0.15, -0.1) is 0 Å². The minimum Gasteiger partial charge on any atom is -0.481 e. The van der Waals surface area contributed by atoms with Crippen molar-refractivity contribution in [3.63, 3.8) is 0 Å². The lowest BCUT2D eigenvalue weighted by Crippen LogP contribution is -2.40. The summed E-state index contributed by atoms with van der Waals surface area (Å²) in [4.78, 5) is 36.1. The minimum absolute atomic E-state index is 0.107. The lowest BCUT2D eigenvalue weighted by atomic mass is 9.76. The standard InChI is InChI=1S/C16H20N2O5/c1-10(2)16(15(20)21)4-5-17(9-16)14(19)12-6-11(3)7-13(8-12)18(22)23/h6-8,10H,4-5,9H2,1-3H3,(H,20,21). The second kappa shape index (κ2) is 5.98. The Bertz CT molecular complexity index is 670. The van der Waals surface area contributed by atoms with Crippen molar-refractivity contribution < 1.29 is 19.6 Å². The topological polar surface area (TPSA) is 101 Å². The molecule has 0 saturated carbocycles. The van der Waals surface area contributed by atoms with Crippen LogP contribution < -0.4 is 0 Å². The Morgan fingerprint density at radius 1 is 1.35 bits per heavy atom. The number of aliphatic carboxylic acids is 1. The molecule has 7 heteroatoms. The number of carbonyl (C=O) groups is 2. The average molecular weight is 320 g/mol. The molecule has 1 fully saturated rings. The molecule has 2 rings (SSSR count). The first-order chi connectivity index (χ1) is 10.7. The number of hydrogen-bond acceptors (Lipinski definition) is 4. The van der Waals surface area contributed by atoms with E-state index in [1.54, 1.807) is 13.0 Å². The molecule has 7 nitrogen and oxygen atoms in total. The number of carboxylic acid groups (broad SMARTS) is 1. The largest absolute Gasteiger partial charge is 0.481 e. The van der Waals surface area contributed by atoms with Gasteiger partial charge >= 0.3 is 5.97 Å². The smallest absolute Gasteiger partial charge is 0.311 e. The molecule has 23 heavy (non-hydrogen) atoms. The molecule has 1 unspecified atom stereocenters. The zero-order valence-corrected chi connectivity index (χ0v) is 13.4. The number of hydrogen-bond donors (Lipinski definition) is 1. The molecule has 124 valence electrons. The lowest BCUT2D eigenvalue weighted by molar-refractivity contribution is -0.384. The van der Waals surface area contributed by atoms with Crippen molar-refractivity contribution in [2.45, 2.75) is 27.2 Å². The number of carboxylic acids is 1. The molecule has 1 aliphatic rings. The van der Waals surface area contributed by atoms with E-state index in [-0.39, 0.29) is 29.6 Å². The number of amides is 1. The maximum Gasteiger partial charge on any atom is 0.311 e. The Morgan fingerprint density at radius 3 is 2.48 bits per heavy atom. The van der Waals surface area contributed by atoms with Gasteiger partial charge < -0.3 is 10.0 Å². The highest BCUT2D eigenvalue weighted by atomic mass is 16.6. The normalized spacial score (nSPS) is 20.8. The Morgan fingerprint density at radius 2 is 2.00 bits per heavy atom. The summed E-state index contributed by atoms with van der Waals surface area (Å²) in [5, 5.41) is 20.5. The van der Waals surface area contributed by atoms with Crippen molar-refractivity contribution in [1.82, 2.24) is 4.90 Å². The fraction of sp³-hybridized carbons (Fsp3) is 0.500. The van der Waals surface area contributed by atoms with Crippen molar-refractivity contribution in [2.24, 2.45) is 11.3 Å². The third kappa shape index (κ3) is 3.04. The molecule has 0 aromatic heterocycles. The van der Waals surface area contributed by atoms with Crippen LogP contribution >= 0.6 is 0 Å². The van der Waals surface area contributed by atoms with Crippen LogP contribution in [0.5, 0.6) is 0 Å². The highest BCUT2D eigenvalue weighted by molar-refractivity contribution is 5.96. The zero-order chi connectivity index (χ0) is 17.4. The van der Waals surface area contributed by atoms with Gasteiger partial charge in [-0.1, -0.05) is 13.8 Å². The van der Waals surface area contributed by atoms with Gasteiger partial charge in [-0.3, -0.25) is 19.7 Å². The SMILES string of the molecule is Cc1cc(C(=O)N2CCC(C(=O)O)(C(C)C)C2)cc([N+](=O)[O-])c1. The first-order valence-corrected chi connectivity index (χ1v) is 7.46. The molecule has 1 saturated heterocycles. The number of aryl methyl sites for hydroxylation is 1. The van der Waals surface area contributed by atoms with Gasteiger partial charge in [0.05, 0.1) is 10.3 Å². The Hall–Kier alpha value is -2.44. The second-order valence-corrected chi connectivity index (χ2v) is 6.41. The van der Waals surface area contributed by atoms with E-state index in [1.165, 1.54) is 17.0 Å². The number of nitro groups is 1. The van der Waals surface area contributed by atoms with Crippen LogP contribution in [0.3, 0.4) is 0 Å². The maximum atomic E-state index is 12.6. The zero-order valence-electron chi connectivity index (χ0n) is 13.4. The van der Waals surface area contributed by atoms with E-state index in [4.69, 9.17) is 0 Å². The van der Waals surface area contributed by atoms with E-state index in [0.29, 0.717) is 18.5 Å². The van der Waals surface area contributed by atoms with Crippen LogP contribution in [0.25, 0.3) is 0 Å². The first-order valence-electron chi connectivity index (χ1n) is 7.46. The summed E-state index contributed by atoms with van der Waals surface area (Å²) in [6, 6.07) is 4.23. The van der Waals surface area contributed by atoms with Gasteiger partial charge in [-0.2, -0.15) is 0 Å². The first kappa shape index (κ1) is 16.9. The number of carbonyl (C=O) groups excluding carboxylic acids is 1. The van der Waals surface area contributed by atoms with Crippen LogP contribution in [-0.2, 0) is 4.79 Å². The molecular formula is C16H20N2O5. The quantitative estimate of drug-likeness (QED) is 0.678. The van der Waals surface area contributed by atoms with Gasteiger partial charge in [-0.25, -0.2) is 0 Å². The van der Waals surface area contributed by atoms with Crippen LogP contribution in [0.1, 0.15) is 36.2 Å². The van der Waals surface area contributed by atoms with Crippen LogP contribution in [-0.4, -0.2) is 39.9 Å². The average Bonchev–Trinajstić information content (AvgIpc) is 2.92. The van der Waals surface area contributed by atoms with Crippen LogP contribution in [0.4, 0.5) is 5.69 Å². The van der Waals surface area contributed by atoms with Crippen LogP contribution in [0.15, 0.2) is 18.2 Å². The number of non-ortho nitro benzene ring substituents is 1. The summed E-state index contributed by atoms with van der Waals surface area (Å²) in [5.74, 6) is -1.37. The van der Waals surface area contributed by atoms with Crippen molar-refractivity contribution in [3.05, 3.63) is 39.4 Å². The monoisotopic (exact) mass is 320 g/mol. The molecule has 1 aromatic rings. The van der Waals surface area contributed by atoms with E-state index >= 15 is 0 Å². The lowest BCUT2D eigenvalue weighted by Gasteiger charge is -2.28. The van der Waals surface area contributed by atoms with E-state index in [2.05, 4.69) is 0 Å². The highest BCUT2D eigenvalue weighted by Gasteiger charge is 2.48. The molecule has 0 aliphatic carbocycles. The fourth-order valence-corrected chi connectivity index (χ4v) is 3.07. The third-order valence-corrected chi connectivity index (χ3v) is 4.64. The fourth-order valence-electron chi connectivity index (χ4n) is 3.07. The van der Waals surface area contributed by atoms with Crippen LogP contribution in [0.2, 0.25) is 0 Å². The number of nitro benzene ring substituents is 1. The molecule has 0 bridgehead atoms. The summed E-state index contributed by atoms with van der Waals surface area (Å²) in [7, 11) is 0. The number of rotatable bonds is 4. The Kier molecular flexibility index (Phi) is 4.40. The predicted molar refractivity (Wildman–Crippen MR) is 83.3 cm³/mol. The summed E-state index contributed by atoms with van der Waals surface area (Å²) in [6.45, 7) is 5.81. The van der Waals surface area contributed by atoms with Gasteiger partial charge in [0.25, 0.3) is 11.6 Å². The molecule has 1 aliphatic heterocycles. The van der Waals surface area contributed by atoms with E-state index < -0.39 is 16.3 Å². The van der Waals surface area contributed by atoms with Gasteiger partial charge in [0.1, 0.15) is 0 Å². The summed E-state index contributed by atoms with van der Waals surface area (Å²) in [6.07, 6.45) is 0.389. The van der Waals surface area contributed by atoms with Crippen molar-refractivity contribution >= 4 is 17.6 Å². The van der Waals surface area contributed by atoms with Crippen LogP contribution in [0, 0.1) is 28.4 Å². The Labute approximate surface area is 134 Å². The molecule has 1 amide bonds. The summed E-state index contributed by atoms with van der Waals surface area (Å²) in [5.41, 5.74) is -0.247. The van der Waals surface area contributed by atoms with Crippen molar-refractivity contribution in [3.8, 4) is 0 Å². The Balaban J connectivity index is 2.29. The van der Waals surface area contributed by atoms with Gasteiger partial charge in [-0.05, 0) is 30.9 Å². The molecule has 1 N–H and O–H groups in total. The number of benzene rings is 1. The molecular weight excluding hydrogens is 300 g/mol. The molecule has 1 atom stereocenters. The third-order valence-electron chi connectivity index (χ3n) is 4.64. The molecule has 0 radical (unpaired) electrons. The predicted octanol–water partition coefficient (Wildman–Crippen LogP) is 2.48. The molecule has 1 aromatic carbocycles. The number of nitrogens with zero attached hydrogens (tertiary/aromatic N) is 2. The molecule has 0 spiro atoms. The summed E-state index contributed by atoms with van der Waals surface area (Å²) >= 11 is 0. The maximum absolute atomic E-state index is 12.6. The van der Waals surface area contributed by atoms with Gasteiger partial charge in [0, 0.05) is 30.8 Å². The van der Waals surface area contributed by atoms with E-state index in [1.807, 2.05) is 13.8 Å². The van der Waals surface area contributed by atoms with Gasteiger partial charge in [0.2, 0.25) is 0 Å². The van der Waals surface area contributed by atoms with Crippen molar-refractivity contribution in [1.29, 1.82) is 0 Å². The highest BCUT2D eigenvalue weighted by Crippen LogP contribution is 2.38.